The van der Waals surface area contributed by atoms with E-state index in [2.05, 4.69) is 4.72 Å². The van der Waals surface area contributed by atoms with Crippen molar-refractivity contribution in [3.8, 4) is 0 Å². The van der Waals surface area contributed by atoms with Crippen molar-refractivity contribution in [1.29, 1.82) is 0 Å². The summed E-state index contributed by atoms with van der Waals surface area (Å²) >= 11 is 0. The zero-order chi connectivity index (χ0) is 16.3. The molecule has 0 spiro atoms. The molecular formula is C15H21NO4S. The SMILES string of the molecule is Cc1cc(C=CC(=O)O)ccc1NS(=O)(=O)CC(C)(C)C. The fourth-order valence-electron chi connectivity index (χ4n) is 1.85. The van der Waals surface area contributed by atoms with Crippen molar-refractivity contribution in [3.63, 3.8) is 0 Å². The van der Waals surface area contributed by atoms with Crippen molar-refractivity contribution in [2.75, 3.05) is 10.5 Å². The van der Waals surface area contributed by atoms with Gasteiger partial charge in [0.25, 0.3) is 0 Å². The minimum atomic E-state index is -3.42. The van der Waals surface area contributed by atoms with Gasteiger partial charge in [0.05, 0.1) is 11.4 Å². The summed E-state index contributed by atoms with van der Waals surface area (Å²) in [5, 5.41) is 8.58. The second kappa shape index (κ2) is 6.30. The van der Waals surface area contributed by atoms with E-state index < -0.39 is 16.0 Å². The third-order valence-electron chi connectivity index (χ3n) is 2.56. The smallest absolute Gasteiger partial charge is 0.328 e. The average molecular weight is 311 g/mol. The number of carbonyl (C=O) groups is 1. The highest BCUT2D eigenvalue weighted by Gasteiger charge is 2.21. The first kappa shape index (κ1) is 17.2. The topological polar surface area (TPSA) is 83.5 Å². The molecule has 0 amide bonds. The molecule has 0 heterocycles. The predicted molar refractivity (Wildman–Crippen MR) is 84.7 cm³/mol. The highest BCUT2D eigenvalue weighted by molar-refractivity contribution is 7.92. The molecule has 0 aliphatic heterocycles. The van der Waals surface area contributed by atoms with Crippen molar-refractivity contribution in [1.82, 2.24) is 0 Å². The monoisotopic (exact) mass is 311 g/mol. The molecule has 0 bridgehead atoms. The Morgan fingerprint density at radius 1 is 1.33 bits per heavy atom. The maximum absolute atomic E-state index is 12.1. The summed E-state index contributed by atoms with van der Waals surface area (Å²) in [6.45, 7) is 7.35. The van der Waals surface area contributed by atoms with E-state index in [-0.39, 0.29) is 11.2 Å². The third-order valence-corrected chi connectivity index (χ3v) is 4.33. The summed E-state index contributed by atoms with van der Waals surface area (Å²) in [7, 11) is -3.42. The number of aryl methyl sites for hydroxylation is 1. The molecule has 0 saturated heterocycles. The standard InChI is InChI=1S/C15H21NO4S/c1-11-9-12(6-8-14(17)18)5-7-13(11)16-21(19,20)10-15(2,3)4/h5-9,16H,10H2,1-4H3,(H,17,18). The molecule has 5 nitrogen and oxygen atoms in total. The van der Waals surface area contributed by atoms with E-state index in [0.717, 1.165) is 11.6 Å². The number of benzene rings is 1. The van der Waals surface area contributed by atoms with E-state index in [4.69, 9.17) is 5.11 Å². The van der Waals surface area contributed by atoms with Crippen LogP contribution in [0.2, 0.25) is 0 Å². The first-order chi connectivity index (χ1) is 9.48. The van der Waals surface area contributed by atoms with E-state index in [0.29, 0.717) is 11.3 Å². The van der Waals surface area contributed by atoms with Gasteiger partial charge in [-0.3, -0.25) is 4.72 Å². The molecule has 1 aromatic carbocycles. The van der Waals surface area contributed by atoms with Gasteiger partial charge in [-0.2, -0.15) is 0 Å². The highest BCUT2D eigenvalue weighted by atomic mass is 32.2. The van der Waals surface area contributed by atoms with Gasteiger partial charge in [0.15, 0.2) is 0 Å². The minimum Gasteiger partial charge on any atom is -0.478 e. The van der Waals surface area contributed by atoms with Gasteiger partial charge in [0, 0.05) is 6.08 Å². The Labute approximate surface area is 125 Å². The van der Waals surface area contributed by atoms with Gasteiger partial charge in [-0.25, -0.2) is 13.2 Å². The number of nitrogens with one attached hydrogen (secondary N) is 1. The zero-order valence-corrected chi connectivity index (χ0v) is 13.5. The van der Waals surface area contributed by atoms with Crippen molar-refractivity contribution >= 4 is 27.8 Å². The van der Waals surface area contributed by atoms with Crippen LogP contribution in [-0.4, -0.2) is 25.2 Å². The molecule has 0 aliphatic rings. The molecule has 0 aliphatic carbocycles. The van der Waals surface area contributed by atoms with Crippen LogP contribution in [0.25, 0.3) is 6.08 Å². The van der Waals surface area contributed by atoms with Crippen molar-refractivity contribution < 1.29 is 18.3 Å². The Bertz CT molecular complexity index is 655. The Morgan fingerprint density at radius 3 is 2.43 bits per heavy atom. The second-order valence-corrected chi connectivity index (χ2v) is 7.89. The van der Waals surface area contributed by atoms with E-state index in [1.54, 1.807) is 25.1 Å². The van der Waals surface area contributed by atoms with E-state index >= 15 is 0 Å². The van der Waals surface area contributed by atoms with Gasteiger partial charge in [0.1, 0.15) is 0 Å². The maximum atomic E-state index is 12.1. The molecule has 0 atom stereocenters. The number of anilines is 1. The van der Waals surface area contributed by atoms with Crippen LogP contribution in [0.5, 0.6) is 0 Å². The molecule has 116 valence electrons. The maximum Gasteiger partial charge on any atom is 0.328 e. The predicted octanol–water partition coefficient (Wildman–Crippen LogP) is 2.88. The average Bonchev–Trinajstić information content (AvgIpc) is 2.26. The Balaban J connectivity index is 2.94. The van der Waals surface area contributed by atoms with E-state index in [9.17, 15) is 13.2 Å². The van der Waals surface area contributed by atoms with Crippen LogP contribution in [0.4, 0.5) is 5.69 Å². The normalized spacial score (nSPS) is 12.6. The van der Waals surface area contributed by atoms with Crippen LogP contribution < -0.4 is 4.72 Å². The third kappa shape index (κ3) is 6.44. The van der Waals surface area contributed by atoms with Crippen molar-refractivity contribution in [3.05, 3.63) is 35.4 Å². The fourth-order valence-corrected chi connectivity index (χ4v) is 3.62. The van der Waals surface area contributed by atoms with E-state index in [1.807, 2.05) is 20.8 Å². The number of aliphatic carboxylic acids is 1. The van der Waals surface area contributed by atoms with Gasteiger partial charge in [-0.05, 0) is 41.7 Å². The summed E-state index contributed by atoms with van der Waals surface area (Å²) in [6, 6.07) is 5.03. The van der Waals surface area contributed by atoms with Crippen LogP contribution in [0.1, 0.15) is 31.9 Å². The summed E-state index contributed by atoms with van der Waals surface area (Å²) in [6.07, 6.45) is 2.50. The van der Waals surface area contributed by atoms with Crippen LogP contribution in [-0.2, 0) is 14.8 Å². The van der Waals surface area contributed by atoms with Crippen molar-refractivity contribution in [2.45, 2.75) is 27.7 Å². The highest BCUT2D eigenvalue weighted by Crippen LogP contribution is 2.22. The number of hydrogen-bond donors (Lipinski definition) is 2. The first-order valence-corrected chi connectivity index (χ1v) is 8.16. The lowest BCUT2D eigenvalue weighted by atomic mass is 10.0. The Hall–Kier alpha value is -1.82. The number of hydrogen-bond acceptors (Lipinski definition) is 3. The molecular weight excluding hydrogens is 290 g/mol. The Morgan fingerprint density at radius 2 is 1.95 bits per heavy atom. The molecule has 6 heteroatoms. The summed E-state index contributed by atoms with van der Waals surface area (Å²) in [4.78, 5) is 10.5. The van der Waals surface area contributed by atoms with Gasteiger partial charge in [-0.15, -0.1) is 0 Å². The van der Waals surface area contributed by atoms with Gasteiger partial charge in [-0.1, -0.05) is 26.8 Å². The van der Waals surface area contributed by atoms with Crippen molar-refractivity contribution in [2.24, 2.45) is 5.41 Å². The lowest BCUT2D eigenvalue weighted by molar-refractivity contribution is -0.131. The number of carboxylic acids is 1. The molecule has 1 aromatic rings. The molecule has 21 heavy (non-hydrogen) atoms. The molecule has 0 unspecified atom stereocenters. The molecule has 0 radical (unpaired) electrons. The van der Waals surface area contributed by atoms with Crippen LogP contribution in [0.15, 0.2) is 24.3 Å². The summed E-state index contributed by atoms with van der Waals surface area (Å²) < 4.78 is 26.7. The van der Waals surface area contributed by atoms with Gasteiger partial charge >= 0.3 is 5.97 Å². The first-order valence-electron chi connectivity index (χ1n) is 6.51. The van der Waals surface area contributed by atoms with E-state index in [1.165, 1.54) is 6.08 Å². The van der Waals surface area contributed by atoms with Crippen LogP contribution in [0.3, 0.4) is 0 Å². The summed E-state index contributed by atoms with van der Waals surface area (Å²) in [5.41, 5.74) is 1.62. The molecule has 2 N–H and O–H groups in total. The zero-order valence-electron chi connectivity index (χ0n) is 12.7. The fraction of sp³-hybridized carbons (Fsp3) is 0.400. The quantitative estimate of drug-likeness (QED) is 0.819. The molecule has 0 fully saturated rings. The number of rotatable bonds is 5. The lowest BCUT2D eigenvalue weighted by Crippen LogP contribution is -2.26. The van der Waals surface area contributed by atoms with Gasteiger partial charge < -0.3 is 5.11 Å². The van der Waals surface area contributed by atoms with Gasteiger partial charge in [0.2, 0.25) is 10.0 Å². The minimum absolute atomic E-state index is 0.0279. The molecule has 0 saturated carbocycles. The van der Waals surface area contributed by atoms with Crippen LogP contribution in [0, 0.1) is 12.3 Å². The summed E-state index contributed by atoms with van der Waals surface area (Å²) in [5.74, 6) is -0.997. The second-order valence-electron chi connectivity index (χ2n) is 6.17. The number of sulfonamides is 1. The largest absolute Gasteiger partial charge is 0.478 e. The molecule has 1 rings (SSSR count). The Kier molecular flexibility index (Phi) is 5.17. The van der Waals surface area contributed by atoms with Crippen LogP contribution >= 0.6 is 0 Å². The lowest BCUT2D eigenvalue weighted by Gasteiger charge is -2.19. The number of carboxylic acid groups (broad SMARTS) is 1. The molecule has 0 aromatic heterocycles.